The summed E-state index contributed by atoms with van der Waals surface area (Å²) in [7, 11) is 0. The molecule has 8 heteroatoms. The molecule has 3 rings (SSSR count). The van der Waals surface area contributed by atoms with Crippen LogP contribution in [0.25, 0.3) is 11.0 Å². The number of phenols is 1. The van der Waals surface area contributed by atoms with Gasteiger partial charge in [-0.3, -0.25) is 9.59 Å². The fourth-order valence-electron chi connectivity index (χ4n) is 2.40. The fourth-order valence-corrected chi connectivity index (χ4v) is 2.58. The molecule has 0 atom stereocenters. The lowest BCUT2D eigenvalue weighted by molar-refractivity contribution is -0.114. The average molecular weight is 388 g/mol. The van der Waals surface area contributed by atoms with Crippen LogP contribution in [0.1, 0.15) is 27.8 Å². The van der Waals surface area contributed by atoms with Gasteiger partial charge >= 0.3 is 5.97 Å². The van der Waals surface area contributed by atoms with E-state index in [-0.39, 0.29) is 22.8 Å². The van der Waals surface area contributed by atoms with Crippen LogP contribution in [0.5, 0.6) is 5.75 Å². The summed E-state index contributed by atoms with van der Waals surface area (Å²) in [6, 6.07) is 10.3. The Labute approximate surface area is 158 Å². The standard InChI is InChI=1S/C19H14ClNO6/c1-10(22)21-14-7-11(2-4-15(14)23)16(24)9-26-19(25)18-8-12-6-13(20)3-5-17(12)27-18/h2-8,23H,9H2,1H3,(H,21,22). The van der Waals surface area contributed by atoms with Gasteiger partial charge in [0.1, 0.15) is 11.3 Å². The first-order chi connectivity index (χ1) is 12.8. The molecule has 2 aromatic carbocycles. The predicted molar refractivity (Wildman–Crippen MR) is 98.2 cm³/mol. The Morgan fingerprint density at radius 2 is 1.93 bits per heavy atom. The molecular weight excluding hydrogens is 374 g/mol. The topological polar surface area (TPSA) is 106 Å². The molecule has 0 fully saturated rings. The Bertz CT molecular complexity index is 1060. The van der Waals surface area contributed by atoms with E-state index in [9.17, 15) is 19.5 Å². The number of carbonyl (C=O) groups excluding carboxylic acids is 3. The number of fused-ring (bicyclic) bond motifs is 1. The number of Topliss-reactive ketones (excluding diaryl/α,β-unsaturated/α-hetero) is 1. The van der Waals surface area contributed by atoms with Gasteiger partial charge < -0.3 is 19.6 Å². The number of ether oxygens (including phenoxy) is 1. The Hall–Kier alpha value is -3.32. The first-order valence-corrected chi connectivity index (χ1v) is 8.21. The van der Waals surface area contributed by atoms with Crippen molar-refractivity contribution in [3.05, 3.63) is 58.8 Å². The Morgan fingerprint density at radius 1 is 1.15 bits per heavy atom. The van der Waals surface area contributed by atoms with Crippen molar-refractivity contribution in [2.45, 2.75) is 6.92 Å². The molecule has 7 nitrogen and oxygen atoms in total. The first kappa shape index (κ1) is 18.5. The van der Waals surface area contributed by atoms with Gasteiger partial charge in [0, 0.05) is 22.9 Å². The zero-order valence-electron chi connectivity index (χ0n) is 14.1. The normalized spacial score (nSPS) is 10.6. The largest absolute Gasteiger partial charge is 0.506 e. The number of nitrogens with one attached hydrogen (secondary N) is 1. The lowest BCUT2D eigenvalue weighted by Gasteiger charge is -2.08. The molecule has 0 aliphatic heterocycles. The predicted octanol–water partition coefficient (Wildman–Crippen LogP) is 3.79. The summed E-state index contributed by atoms with van der Waals surface area (Å²) in [6.07, 6.45) is 0. The van der Waals surface area contributed by atoms with Crippen LogP contribution in [0.15, 0.2) is 46.9 Å². The van der Waals surface area contributed by atoms with E-state index in [1.807, 2.05) is 0 Å². The molecule has 0 aliphatic carbocycles. The number of aromatic hydroxyl groups is 1. The van der Waals surface area contributed by atoms with Gasteiger partial charge in [0.05, 0.1) is 5.69 Å². The second kappa shape index (κ2) is 7.51. The number of amides is 1. The van der Waals surface area contributed by atoms with Gasteiger partial charge in [0.15, 0.2) is 12.4 Å². The van der Waals surface area contributed by atoms with E-state index >= 15 is 0 Å². The molecule has 1 aromatic heterocycles. The van der Waals surface area contributed by atoms with Crippen LogP contribution >= 0.6 is 11.6 Å². The number of furan rings is 1. The van der Waals surface area contributed by atoms with E-state index in [2.05, 4.69) is 5.32 Å². The highest BCUT2D eigenvalue weighted by atomic mass is 35.5. The van der Waals surface area contributed by atoms with Crippen LogP contribution in [0.4, 0.5) is 5.69 Å². The van der Waals surface area contributed by atoms with Crippen molar-refractivity contribution in [2.75, 3.05) is 11.9 Å². The van der Waals surface area contributed by atoms with Gasteiger partial charge in [0.25, 0.3) is 0 Å². The highest BCUT2D eigenvalue weighted by Gasteiger charge is 2.17. The Morgan fingerprint density at radius 3 is 2.67 bits per heavy atom. The number of anilines is 1. The number of esters is 1. The molecule has 27 heavy (non-hydrogen) atoms. The maximum Gasteiger partial charge on any atom is 0.374 e. The monoisotopic (exact) mass is 387 g/mol. The number of carbonyl (C=O) groups is 3. The maximum absolute atomic E-state index is 12.2. The summed E-state index contributed by atoms with van der Waals surface area (Å²) in [4.78, 5) is 35.4. The third-order valence-corrected chi connectivity index (χ3v) is 3.88. The maximum atomic E-state index is 12.2. The van der Waals surface area contributed by atoms with Crippen LogP contribution in [0, 0.1) is 0 Å². The molecule has 0 aliphatic rings. The second-order valence-corrected chi connectivity index (χ2v) is 6.14. The molecule has 0 bridgehead atoms. The number of benzene rings is 2. The van der Waals surface area contributed by atoms with Crippen molar-refractivity contribution >= 4 is 45.9 Å². The molecule has 0 unspecified atom stereocenters. The molecule has 1 heterocycles. The fraction of sp³-hybridized carbons (Fsp3) is 0.105. The number of phenolic OH excluding ortho intramolecular Hbond substituents is 1. The van der Waals surface area contributed by atoms with Gasteiger partial charge in [-0.25, -0.2) is 4.79 Å². The summed E-state index contributed by atoms with van der Waals surface area (Å²) >= 11 is 5.89. The van der Waals surface area contributed by atoms with Crippen LogP contribution in [-0.2, 0) is 9.53 Å². The zero-order chi connectivity index (χ0) is 19.6. The quantitative estimate of drug-likeness (QED) is 0.392. The summed E-state index contributed by atoms with van der Waals surface area (Å²) in [5.41, 5.74) is 0.728. The molecule has 0 saturated carbocycles. The summed E-state index contributed by atoms with van der Waals surface area (Å²) < 4.78 is 10.4. The Balaban J connectivity index is 1.69. The number of hydrogen-bond donors (Lipinski definition) is 2. The summed E-state index contributed by atoms with van der Waals surface area (Å²) in [5.74, 6) is -1.93. The molecule has 3 aromatic rings. The van der Waals surface area contributed by atoms with Crippen LogP contribution in [0.3, 0.4) is 0 Å². The second-order valence-electron chi connectivity index (χ2n) is 5.71. The molecule has 0 saturated heterocycles. The molecule has 2 N–H and O–H groups in total. The van der Waals surface area contributed by atoms with E-state index in [0.29, 0.717) is 16.0 Å². The van der Waals surface area contributed by atoms with E-state index in [1.54, 1.807) is 18.2 Å². The molecular formula is C19H14ClNO6. The molecule has 0 radical (unpaired) electrons. The van der Waals surface area contributed by atoms with Crippen molar-refractivity contribution in [3.63, 3.8) is 0 Å². The summed E-state index contributed by atoms with van der Waals surface area (Å²) in [6.45, 7) is 0.747. The number of hydrogen-bond acceptors (Lipinski definition) is 6. The van der Waals surface area contributed by atoms with Crippen molar-refractivity contribution in [1.82, 2.24) is 0 Å². The molecule has 1 amide bonds. The molecule has 138 valence electrons. The van der Waals surface area contributed by atoms with Crippen molar-refractivity contribution in [1.29, 1.82) is 0 Å². The van der Waals surface area contributed by atoms with Crippen LogP contribution in [0.2, 0.25) is 5.02 Å². The van der Waals surface area contributed by atoms with Crippen molar-refractivity contribution in [2.24, 2.45) is 0 Å². The number of rotatable bonds is 5. The minimum absolute atomic E-state index is 0.0512. The van der Waals surface area contributed by atoms with Crippen LogP contribution < -0.4 is 5.32 Å². The van der Waals surface area contributed by atoms with E-state index in [0.717, 1.165) is 0 Å². The third kappa shape index (κ3) is 4.27. The Kier molecular flexibility index (Phi) is 5.14. The number of halogens is 1. The van der Waals surface area contributed by atoms with E-state index < -0.39 is 24.3 Å². The van der Waals surface area contributed by atoms with Crippen molar-refractivity contribution < 1.29 is 28.6 Å². The van der Waals surface area contributed by atoms with Gasteiger partial charge in [-0.2, -0.15) is 0 Å². The smallest absolute Gasteiger partial charge is 0.374 e. The lowest BCUT2D eigenvalue weighted by atomic mass is 10.1. The SMILES string of the molecule is CC(=O)Nc1cc(C(=O)COC(=O)c2cc3cc(Cl)ccc3o2)ccc1O. The lowest BCUT2D eigenvalue weighted by Crippen LogP contribution is -2.14. The minimum atomic E-state index is -0.795. The highest BCUT2D eigenvalue weighted by molar-refractivity contribution is 6.31. The van der Waals surface area contributed by atoms with Gasteiger partial charge in [-0.15, -0.1) is 0 Å². The van der Waals surface area contributed by atoms with Gasteiger partial charge in [0.2, 0.25) is 11.7 Å². The average Bonchev–Trinajstić information content (AvgIpc) is 3.04. The first-order valence-electron chi connectivity index (χ1n) is 7.83. The van der Waals surface area contributed by atoms with E-state index in [1.165, 1.54) is 31.2 Å². The summed E-state index contributed by atoms with van der Waals surface area (Å²) in [5, 5.41) is 13.2. The van der Waals surface area contributed by atoms with Crippen LogP contribution in [-0.4, -0.2) is 29.4 Å². The van der Waals surface area contributed by atoms with E-state index in [4.69, 9.17) is 20.8 Å². The van der Waals surface area contributed by atoms with Gasteiger partial charge in [-0.05, 0) is 42.5 Å². The van der Waals surface area contributed by atoms with Crippen molar-refractivity contribution in [3.8, 4) is 5.75 Å². The minimum Gasteiger partial charge on any atom is -0.506 e. The highest BCUT2D eigenvalue weighted by Crippen LogP contribution is 2.25. The zero-order valence-corrected chi connectivity index (χ0v) is 14.9. The number of ketones is 1. The third-order valence-electron chi connectivity index (χ3n) is 3.64. The van der Waals surface area contributed by atoms with Gasteiger partial charge in [-0.1, -0.05) is 11.6 Å². The molecule has 0 spiro atoms.